The first-order valence-corrected chi connectivity index (χ1v) is 6.22. The highest BCUT2D eigenvalue weighted by molar-refractivity contribution is 5.68. The van der Waals surface area contributed by atoms with Crippen LogP contribution in [-0.4, -0.2) is 65.4 Å². The van der Waals surface area contributed by atoms with Gasteiger partial charge in [0.25, 0.3) is 0 Å². The van der Waals surface area contributed by atoms with Crippen molar-refractivity contribution in [2.24, 2.45) is 0 Å². The van der Waals surface area contributed by atoms with Crippen molar-refractivity contribution in [1.82, 2.24) is 0 Å². The predicted octanol–water partition coefficient (Wildman–Crippen LogP) is -1.51. The summed E-state index contributed by atoms with van der Waals surface area (Å²) in [7, 11) is 0. The normalized spacial score (nSPS) is 32.1. The molecule has 1 aliphatic heterocycles. The van der Waals surface area contributed by atoms with Crippen molar-refractivity contribution < 1.29 is 43.5 Å². The molecule has 0 aromatic carbocycles. The van der Waals surface area contributed by atoms with Gasteiger partial charge in [-0.3, -0.25) is 14.4 Å². The Bertz CT molecular complexity index is 408. The van der Waals surface area contributed by atoms with Gasteiger partial charge in [0.2, 0.25) is 0 Å². The molecule has 0 amide bonds. The molecule has 0 bridgehead atoms. The van der Waals surface area contributed by atoms with Crippen LogP contribution < -0.4 is 0 Å². The average Bonchev–Trinajstić information content (AvgIpc) is 2.35. The van der Waals surface area contributed by atoms with Gasteiger partial charge in [-0.2, -0.15) is 0 Å². The van der Waals surface area contributed by atoms with Crippen LogP contribution >= 0.6 is 0 Å². The van der Waals surface area contributed by atoms with Crippen molar-refractivity contribution in [3.05, 3.63) is 0 Å². The van der Waals surface area contributed by atoms with Gasteiger partial charge >= 0.3 is 17.9 Å². The molecule has 9 heteroatoms. The second-order valence-corrected chi connectivity index (χ2v) is 4.47. The van der Waals surface area contributed by atoms with E-state index in [0.29, 0.717) is 0 Å². The fourth-order valence-electron chi connectivity index (χ4n) is 2.02. The van der Waals surface area contributed by atoms with E-state index < -0.39 is 55.2 Å². The highest BCUT2D eigenvalue weighted by Gasteiger charge is 2.51. The fourth-order valence-corrected chi connectivity index (χ4v) is 2.02. The molecule has 0 radical (unpaired) electrons. The number of rotatable bonds is 4. The Kier molecular flexibility index (Phi) is 6.06. The minimum atomic E-state index is -1.64. The van der Waals surface area contributed by atoms with Crippen LogP contribution in [0.25, 0.3) is 0 Å². The zero-order chi connectivity index (χ0) is 16.2. The molecule has 21 heavy (non-hydrogen) atoms. The van der Waals surface area contributed by atoms with Gasteiger partial charge in [-0.1, -0.05) is 0 Å². The van der Waals surface area contributed by atoms with Crippen molar-refractivity contribution in [3.63, 3.8) is 0 Å². The molecule has 1 saturated heterocycles. The van der Waals surface area contributed by atoms with Gasteiger partial charge in [0, 0.05) is 20.8 Å². The van der Waals surface area contributed by atoms with E-state index in [1.54, 1.807) is 0 Å². The Morgan fingerprint density at radius 3 is 1.76 bits per heavy atom. The van der Waals surface area contributed by atoms with Crippen molar-refractivity contribution >= 4 is 17.9 Å². The second-order valence-electron chi connectivity index (χ2n) is 4.47. The molecule has 5 atom stereocenters. The summed E-state index contributed by atoms with van der Waals surface area (Å²) >= 11 is 0. The first-order chi connectivity index (χ1) is 9.76. The van der Waals surface area contributed by atoms with Crippen molar-refractivity contribution in [2.75, 3.05) is 6.61 Å². The summed E-state index contributed by atoms with van der Waals surface area (Å²) in [6.45, 7) is 2.71. The highest BCUT2D eigenvalue weighted by Crippen LogP contribution is 2.27. The Labute approximate surface area is 120 Å². The molecule has 0 aliphatic carbocycles. The number of ether oxygens (including phenoxy) is 4. The summed E-state index contributed by atoms with van der Waals surface area (Å²) in [5.41, 5.74) is 0. The third kappa shape index (κ3) is 4.66. The number of hydrogen-bond donors (Lipinski definition) is 2. The molecule has 0 aromatic rings. The first kappa shape index (κ1) is 17.3. The van der Waals surface area contributed by atoms with E-state index in [2.05, 4.69) is 0 Å². The molecule has 0 spiro atoms. The third-order valence-corrected chi connectivity index (χ3v) is 2.70. The highest BCUT2D eigenvalue weighted by atomic mass is 16.7. The van der Waals surface area contributed by atoms with Gasteiger partial charge in [0.15, 0.2) is 24.6 Å². The van der Waals surface area contributed by atoms with E-state index in [4.69, 9.17) is 18.9 Å². The molecule has 1 aliphatic rings. The lowest BCUT2D eigenvalue weighted by atomic mass is 9.98. The number of hydrogen-bond acceptors (Lipinski definition) is 9. The second kappa shape index (κ2) is 7.34. The van der Waals surface area contributed by atoms with Crippen LogP contribution in [0.3, 0.4) is 0 Å². The van der Waals surface area contributed by atoms with E-state index in [-0.39, 0.29) is 0 Å². The minimum absolute atomic E-state index is 0.598. The Morgan fingerprint density at radius 2 is 1.33 bits per heavy atom. The Balaban J connectivity index is 3.08. The number of aliphatic hydroxyl groups is 2. The van der Waals surface area contributed by atoms with E-state index in [9.17, 15) is 24.6 Å². The molecule has 0 unspecified atom stereocenters. The van der Waals surface area contributed by atoms with E-state index >= 15 is 0 Å². The van der Waals surface area contributed by atoms with Gasteiger partial charge in [-0.05, 0) is 0 Å². The van der Waals surface area contributed by atoms with Crippen LogP contribution in [0.4, 0.5) is 0 Å². The van der Waals surface area contributed by atoms with Crippen molar-refractivity contribution in [1.29, 1.82) is 0 Å². The first-order valence-electron chi connectivity index (χ1n) is 6.22. The third-order valence-electron chi connectivity index (χ3n) is 2.70. The van der Waals surface area contributed by atoms with Crippen molar-refractivity contribution in [3.8, 4) is 0 Å². The molecule has 2 N–H and O–H groups in total. The summed E-state index contributed by atoms with van der Waals surface area (Å²) in [4.78, 5) is 33.4. The molecule has 1 fully saturated rings. The summed E-state index contributed by atoms with van der Waals surface area (Å²) in [5, 5.41) is 19.0. The van der Waals surface area contributed by atoms with Crippen LogP contribution in [0.2, 0.25) is 0 Å². The zero-order valence-electron chi connectivity index (χ0n) is 11.8. The summed E-state index contributed by atoms with van der Waals surface area (Å²) < 4.78 is 19.8. The predicted molar refractivity (Wildman–Crippen MR) is 64.6 cm³/mol. The average molecular weight is 306 g/mol. The maximum atomic E-state index is 11.2. The standard InChI is InChI=1S/C12H18O9/c1-5(14)18-9-8(4-13)21-12(17)11(20-7(3)16)10(9)19-6(2)15/h8-13,17H,4H2,1-3H3/t8-,9-,10-,11-,12+/m1/s1. The molecule has 120 valence electrons. The van der Waals surface area contributed by atoms with E-state index in [0.717, 1.165) is 20.8 Å². The maximum Gasteiger partial charge on any atom is 0.303 e. The van der Waals surface area contributed by atoms with Crippen LogP contribution in [0.15, 0.2) is 0 Å². The summed E-state index contributed by atoms with van der Waals surface area (Å²) in [6.07, 6.45) is -6.65. The van der Waals surface area contributed by atoms with Crippen LogP contribution in [0.1, 0.15) is 20.8 Å². The lowest BCUT2D eigenvalue weighted by Gasteiger charge is -2.42. The summed E-state index contributed by atoms with van der Waals surface area (Å²) in [6, 6.07) is 0. The molecule has 1 heterocycles. The number of carbonyl (C=O) groups excluding carboxylic acids is 3. The number of esters is 3. The monoisotopic (exact) mass is 306 g/mol. The largest absolute Gasteiger partial charge is 0.456 e. The quantitative estimate of drug-likeness (QED) is 0.470. The zero-order valence-corrected chi connectivity index (χ0v) is 11.8. The SMILES string of the molecule is CC(=O)O[C@H]1[C@@H](OC(C)=O)[C@@H](O)O[C@H](CO)[C@H]1OC(C)=O. The van der Waals surface area contributed by atoms with Crippen molar-refractivity contribution in [2.45, 2.75) is 51.5 Å². The molecule has 9 nitrogen and oxygen atoms in total. The van der Waals surface area contributed by atoms with E-state index in [1.807, 2.05) is 0 Å². The van der Waals surface area contributed by atoms with Gasteiger partial charge in [0.1, 0.15) is 6.10 Å². The van der Waals surface area contributed by atoms with Crippen LogP contribution in [-0.2, 0) is 33.3 Å². The molecule has 0 aromatic heterocycles. The van der Waals surface area contributed by atoms with Gasteiger partial charge in [-0.25, -0.2) is 0 Å². The molecular weight excluding hydrogens is 288 g/mol. The number of aliphatic hydroxyl groups excluding tert-OH is 2. The van der Waals surface area contributed by atoms with Crippen LogP contribution in [0.5, 0.6) is 0 Å². The molecular formula is C12H18O9. The maximum absolute atomic E-state index is 11.2. The van der Waals surface area contributed by atoms with E-state index in [1.165, 1.54) is 0 Å². The van der Waals surface area contributed by atoms with Gasteiger partial charge in [-0.15, -0.1) is 0 Å². The minimum Gasteiger partial charge on any atom is -0.456 e. The molecule has 0 saturated carbocycles. The molecule has 1 rings (SSSR count). The lowest BCUT2D eigenvalue weighted by molar-refractivity contribution is -0.295. The topological polar surface area (TPSA) is 129 Å². The Hall–Kier alpha value is -1.71. The lowest BCUT2D eigenvalue weighted by Crippen LogP contribution is -2.62. The van der Waals surface area contributed by atoms with Gasteiger partial charge in [0.05, 0.1) is 6.61 Å². The fraction of sp³-hybridized carbons (Fsp3) is 0.750. The Morgan fingerprint density at radius 1 is 0.905 bits per heavy atom. The summed E-state index contributed by atoms with van der Waals surface area (Å²) in [5.74, 6) is -2.19. The van der Waals surface area contributed by atoms with Gasteiger partial charge < -0.3 is 29.2 Å². The van der Waals surface area contributed by atoms with Crippen LogP contribution in [0, 0.1) is 0 Å². The smallest absolute Gasteiger partial charge is 0.303 e. The number of carbonyl (C=O) groups is 3.